The van der Waals surface area contributed by atoms with Crippen molar-refractivity contribution in [2.75, 3.05) is 39.3 Å². The lowest BCUT2D eigenvalue weighted by Gasteiger charge is -2.34. The third-order valence-corrected chi connectivity index (χ3v) is 5.89. The van der Waals surface area contributed by atoms with E-state index in [0.29, 0.717) is 18.2 Å². The number of piperazine rings is 1. The normalized spacial score (nSPS) is 19.2. The molecule has 6 nitrogen and oxygen atoms in total. The zero-order valence-electron chi connectivity index (χ0n) is 16.7. The Hall–Kier alpha value is -2.67. The zero-order chi connectivity index (χ0) is 19.8. The molecular formula is C23H25ClN4O2. The molecule has 0 bridgehead atoms. The van der Waals surface area contributed by atoms with Gasteiger partial charge in [-0.25, -0.2) is 4.99 Å². The van der Waals surface area contributed by atoms with Gasteiger partial charge in [0.05, 0.1) is 6.61 Å². The predicted molar refractivity (Wildman–Crippen MR) is 121 cm³/mol. The molecule has 0 unspecified atom stereocenters. The van der Waals surface area contributed by atoms with Crippen LogP contribution in [0.1, 0.15) is 16.7 Å². The van der Waals surface area contributed by atoms with Crippen molar-refractivity contribution in [2.24, 2.45) is 4.99 Å². The van der Waals surface area contributed by atoms with Gasteiger partial charge < -0.3 is 10.0 Å². The van der Waals surface area contributed by atoms with Gasteiger partial charge in [0.15, 0.2) is 0 Å². The molecular weight excluding hydrogens is 400 g/mol. The maximum atomic E-state index is 12.4. The Kier molecular flexibility index (Phi) is 5.90. The first-order valence-corrected chi connectivity index (χ1v) is 10.1. The van der Waals surface area contributed by atoms with Gasteiger partial charge in [0.2, 0.25) is 5.96 Å². The molecule has 0 aromatic heterocycles. The fraction of sp³-hybridized carbons (Fsp3) is 0.304. The minimum absolute atomic E-state index is 0. The van der Waals surface area contributed by atoms with Crippen molar-refractivity contribution >= 4 is 30.3 Å². The molecule has 1 aliphatic carbocycles. The monoisotopic (exact) mass is 424 g/mol. The maximum absolute atomic E-state index is 12.4. The first kappa shape index (κ1) is 20.6. The number of hydrogen-bond acceptors (Lipinski definition) is 5. The second-order valence-corrected chi connectivity index (χ2v) is 7.72. The molecule has 7 heteroatoms. The Balaban J connectivity index is 0.00000218. The number of β-amino-alcohol motifs (C(OH)–C–C–N with tert-alkyl or cyclic N) is 1. The lowest BCUT2D eigenvalue weighted by Crippen LogP contribution is -2.52. The molecule has 2 aromatic rings. The molecule has 2 heterocycles. The number of aliphatic imine (C=N–C) groups is 1. The number of rotatable bonds is 3. The summed E-state index contributed by atoms with van der Waals surface area (Å²) in [6.45, 7) is 4.18. The van der Waals surface area contributed by atoms with Crippen LogP contribution < -0.4 is 5.32 Å². The van der Waals surface area contributed by atoms with Gasteiger partial charge >= 0.3 is 0 Å². The molecule has 3 aliphatic rings. The lowest BCUT2D eigenvalue weighted by molar-refractivity contribution is -0.115. The number of hydrogen-bond donors (Lipinski definition) is 2. The van der Waals surface area contributed by atoms with E-state index in [1.54, 1.807) is 0 Å². The summed E-state index contributed by atoms with van der Waals surface area (Å²) in [6.07, 6.45) is 2.80. The predicted octanol–water partition coefficient (Wildman–Crippen LogP) is 2.12. The van der Waals surface area contributed by atoms with E-state index in [0.717, 1.165) is 38.2 Å². The van der Waals surface area contributed by atoms with Crippen molar-refractivity contribution in [3.63, 3.8) is 0 Å². The lowest BCUT2D eigenvalue weighted by atomic mass is 10.0. The van der Waals surface area contributed by atoms with Crippen LogP contribution in [-0.2, 0) is 11.2 Å². The number of carbonyl (C=O) groups is 1. The largest absolute Gasteiger partial charge is 0.395 e. The highest BCUT2D eigenvalue weighted by Crippen LogP contribution is 2.37. The number of aliphatic hydroxyl groups is 1. The van der Waals surface area contributed by atoms with Gasteiger partial charge in [-0.15, -0.1) is 12.4 Å². The molecule has 0 spiro atoms. The van der Waals surface area contributed by atoms with Gasteiger partial charge in [-0.1, -0.05) is 42.5 Å². The first-order chi connectivity index (χ1) is 14.2. The minimum atomic E-state index is -0.151. The average molecular weight is 425 g/mol. The summed E-state index contributed by atoms with van der Waals surface area (Å²) in [5, 5.41) is 12.0. The fourth-order valence-corrected chi connectivity index (χ4v) is 4.34. The number of carbonyl (C=O) groups excluding carboxylic acids is 1. The van der Waals surface area contributed by atoms with Crippen LogP contribution in [0, 0.1) is 0 Å². The molecule has 5 rings (SSSR count). The third kappa shape index (κ3) is 3.86. The molecule has 2 aromatic carbocycles. The second kappa shape index (κ2) is 8.60. The van der Waals surface area contributed by atoms with E-state index in [9.17, 15) is 4.79 Å². The third-order valence-electron chi connectivity index (χ3n) is 5.89. The van der Waals surface area contributed by atoms with Crippen molar-refractivity contribution in [2.45, 2.75) is 6.42 Å². The highest BCUT2D eigenvalue weighted by atomic mass is 35.5. The Morgan fingerprint density at radius 1 is 1.03 bits per heavy atom. The quantitative estimate of drug-likeness (QED) is 0.632. The maximum Gasteiger partial charge on any atom is 0.276 e. The van der Waals surface area contributed by atoms with E-state index >= 15 is 0 Å². The van der Waals surface area contributed by atoms with Crippen molar-refractivity contribution < 1.29 is 9.90 Å². The number of aliphatic hydroxyl groups excluding tert-OH is 1. The Morgan fingerprint density at radius 3 is 2.60 bits per heavy atom. The molecule has 1 fully saturated rings. The molecule has 0 saturated carbocycles. The number of amides is 1. The van der Waals surface area contributed by atoms with Gasteiger partial charge in [-0.05, 0) is 40.3 Å². The Labute approximate surface area is 182 Å². The van der Waals surface area contributed by atoms with Crippen LogP contribution >= 0.6 is 12.4 Å². The van der Waals surface area contributed by atoms with Gasteiger partial charge in [0.1, 0.15) is 5.70 Å². The molecule has 0 atom stereocenters. The summed E-state index contributed by atoms with van der Waals surface area (Å²) in [4.78, 5) is 21.3. The van der Waals surface area contributed by atoms with Crippen LogP contribution in [0.2, 0.25) is 0 Å². The summed E-state index contributed by atoms with van der Waals surface area (Å²) in [6, 6.07) is 14.9. The standard InChI is InChI=1S/C23H24N4O2.ClH/c28-12-11-26-7-9-27(10-8-26)23-24-21(22(29)25-23)14-16-5-6-20-18(13-16)15-17-3-1-2-4-19(17)20;/h1-6,13-14,28H,7-12,15H2,(H,24,25,29);1H/b21-14-;. The van der Waals surface area contributed by atoms with E-state index in [4.69, 9.17) is 5.11 Å². The topological polar surface area (TPSA) is 68.2 Å². The number of halogens is 1. The van der Waals surface area contributed by atoms with Crippen molar-refractivity contribution in [3.8, 4) is 11.1 Å². The highest BCUT2D eigenvalue weighted by Gasteiger charge is 2.27. The minimum Gasteiger partial charge on any atom is -0.395 e. The molecule has 1 amide bonds. The van der Waals surface area contributed by atoms with Crippen LogP contribution in [0.15, 0.2) is 53.2 Å². The van der Waals surface area contributed by atoms with Gasteiger partial charge in [0.25, 0.3) is 5.91 Å². The van der Waals surface area contributed by atoms with E-state index in [2.05, 4.69) is 62.6 Å². The highest BCUT2D eigenvalue weighted by molar-refractivity contribution is 6.13. The Morgan fingerprint density at radius 2 is 1.80 bits per heavy atom. The first-order valence-electron chi connectivity index (χ1n) is 10.1. The van der Waals surface area contributed by atoms with Crippen LogP contribution in [-0.4, -0.2) is 66.1 Å². The van der Waals surface area contributed by atoms with Crippen LogP contribution in [0.4, 0.5) is 0 Å². The SMILES string of the molecule is Cl.O=C1NC(N2CCN(CCO)CC2)=N/C1=C\c1ccc2c(c1)Cc1ccccc1-2. The van der Waals surface area contributed by atoms with Gasteiger partial charge in [0, 0.05) is 32.7 Å². The van der Waals surface area contributed by atoms with Gasteiger partial charge in [-0.3, -0.25) is 15.0 Å². The molecule has 1 saturated heterocycles. The number of fused-ring (bicyclic) bond motifs is 3. The fourth-order valence-electron chi connectivity index (χ4n) is 4.34. The van der Waals surface area contributed by atoms with Crippen molar-refractivity contribution in [1.82, 2.24) is 15.1 Å². The summed E-state index contributed by atoms with van der Waals surface area (Å²) >= 11 is 0. The summed E-state index contributed by atoms with van der Waals surface area (Å²) < 4.78 is 0. The summed E-state index contributed by atoms with van der Waals surface area (Å²) in [5.41, 5.74) is 6.69. The molecule has 30 heavy (non-hydrogen) atoms. The van der Waals surface area contributed by atoms with E-state index in [1.165, 1.54) is 22.3 Å². The molecule has 156 valence electrons. The van der Waals surface area contributed by atoms with Crippen LogP contribution in [0.25, 0.3) is 17.2 Å². The second-order valence-electron chi connectivity index (χ2n) is 7.72. The van der Waals surface area contributed by atoms with Crippen LogP contribution in [0.3, 0.4) is 0 Å². The van der Waals surface area contributed by atoms with E-state index in [1.807, 2.05) is 6.08 Å². The smallest absolute Gasteiger partial charge is 0.276 e. The van der Waals surface area contributed by atoms with Crippen molar-refractivity contribution in [3.05, 3.63) is 64.9 Å². The number of benzene rings is 2. The summed E-state index contributed by atoms with van der Waals surface area (Å²) in [5.74, 6) is 0.486. The van der Waals surface area contributed by atoms with E-state index in [-0.39, 0.29) is 24.9 Å². The summed E-state index contributed by atoms with van der Waals surface area (Å²) in [7, 11) is 0. The van der Waals surface area contributed by atoms with Gasteiger partial charge in [-0.2, -0.15) is 0 Å². The average Bonchev–Trinajstić information content (AvgIpc) is 3.29. The molecule has 0 radical (unpaired) electrons. The van der Waals surface area contributed by atoms with E-state index < -0.39 is 0 Å². The molecule has 2 aliphatic heterocycles. The number of nitrogens with one attached hydrogen (secondary N) is 1. The number of nitrogens with zero attached hydrogens (tertiary/aromatic N) is 3. The van der Waals surface area contributed by atoms with Crippen molar-refractivity contribution in [1.29, 1.82) is 0 Å². The number of guanidine groups is 1. The van der Waals surface area contributed by atoms with Crippen LogP contribution in [0.5, 0.6) is 0 Å². The Bertz CT molecular complexity index is 1030. The zero-order valence-corrected chi connectivity index (χ0v) is 17.5. The molecule has 2 N–H and O–H groups in total.